The largest absolute Gasteiger partial charge is 0.507 e. The van der Waals surface area contributed by atoms with Gasteiger partial charge in [0.2, 0.25) is 0 Å². The number of aromatic hydroxyl groups is 2. The molecule has 0 aliphatic carbocycles. The number of aryl methyl sites for hydroxylation is 1. The molecule has 1 aliphatic heterocycles. The predicted octanol–water partition coefficient (Wildman–Crippen LogP) is 4.14. The molecule has 2 aromatic heterocycles. The van der Waals surface area contributed by atoms with Crippen molar-refractivity contribution in [2.75, 3.05) is 7.11 Å². The van der Waals surface area contributed by atoms with Gasteiger partial charge in [0.1, 0.15) is 22.9 Å². The van der Waals surface area contributed by atoms with E-state index in [2.05, 4.69) is 10.2 Å². The highest BCUT2D eigenvalue weighted by Gasteiger charge is 2.43. The Hall–Kier alpha value is -4.20. The number of phenolic OH excluding ortho intramolecular Hbond substituents is 2. The molecular weight excluding hydrogens is 410 g/mol. The van der Waals surface area contributed by atoms with Gasteiger partial charge in [-0.05, 0) is 48.9 Å². The molecule has 1 atom stereocenters. The maximum atomic E-state index is 13.4. The number of benzene rings is 2. The van der Waals surface area contributed by atoms with Gasteiger partial charge in [0, 0.05) is 11.1 Å². The Kier molecular flexibility index (Phi) is 4.62. The Morgan fingerprint density at radius 2 is 1.97 bits per heavy atom. The number of ether oxygens (including phenoxy) is 1. The number of hydrogen-bond donors (Lipinski definition) is 3. The number of H-pyrrole nitrogens is 1. The predicted molar refractivity (Wildman–Crippen MR) is 116 cm³/mol. The molecule has 5 rings (SSSR count). The Morgan fingerprint density at radius 3 is 2.72 bits per heavy atom. The van der Waals surface area contributed by atoms with Crippen LogP contribution in [0.4, 0.5) is 0 Å². The van der Waals surface area contributed by atoms with Crippen LogP contribution in [-0.2, 0) is 6.54 Å². The van der Waals surface area contributed by atoms with Crippen LogP contribution in [0.2, 0.25) is 0 Å². The number of amides is 1. The minimum Gasteiger partial charge on any atom is -0.507 e. The van der Waals surface area contributed by atoms with Gasteiger partial charge in [0.15, 0.2) is 11.5 Å². The van der Waals surface area contributed by atoms with Gasteiger partial charge < -0.3 is 24.3 Å². The van der Waals surface area contributed by atoms with E-state index in [1.54, 1.807) is 41.5 Å². The van der Waals surface area contributed by atoms with Gasteiger partial charge in [-0.15, -0.1) is 0 Å². The molecule has 4 aromatic rings. The molecule has 0 unspecified atom stereocenters. The highest BCUT2D eigenvalue weighted by Crippen LogP contribution is 2.46. The summed E-state index contributed by atoms with van der Waals surface area (Å²) in [5.74, 6) is 0.766. The van der Waals surface area contributed by atoms with E-state index in [9.17, 15) is 15.0 Å². The number of carbonyl (C=O) groups excluding carboxylic acids is 1. The fourth-order valence-electron chi connectivity index (χ4n) is 4.19. The molecule has 8 heteroatoms. The number of furan rings is 1. The second-order valence-electron chi connectivity index (χ2n) is 7.73. The average Bonchev–Trinajstić information content (AvgIpc) is 3.50. The van der Waals surface area contributed by atoms with Gasteiger partial charge in [-0.1, -0.05) is 17.7 Å². The number of carbonyl (C=O) groups is 1. The van der Waals surface area contributed by atoms with Gasteiger partial charge >= 0.3 is 0 Å². The van der Waals surface area contributed by atoms with E-state index in [1.165, 1.54) is 13.2 Å². The highest BCUT2D eigenvalue weighted by molar-refractivity contribution is 6.00. The highest BCUT2D eigenvalue weighted by atomic mass is 16.5. The molecule has 2 aromatic carbocycles. The van der Waals surface area contributed by atoms with Crippen molar-refractivity contribution in [3.8, 4) is 28.5 Å². The van der Waals surface area contributed by atoms with E-state index < -0.39 is 6.04 Å². The summed E-state index contributed by atoms with van der Waals surface area (Å²) < 4.78 is 10.8. The third kappa shape index (κ3) is 3.08. The van der Waals surface area contributed by atoms with Crippen LogP contribution in [-0.4, -0.2) is 38.3 Å². The summed E-state index contributed by atoms with van der Waals surface area (Å²) >= 11 is 0. The zero-order chi connectivity index (χ0) is 22.4. The normalized spacial score (nSPS) is 15.2. The van der Waals surface area contributed by atoms with Crippen molar-refractivity contribution in [2.45, 2.75) is 19.5 Å². The van der Waals surface area contributed by atoms with Crippen LogP contribution in [0.25, 0.3) is 11.3 Å². The summed E-state index contributed by atoms with van der Waals surface area (Å²) in [4.78, 5) is 15.1. The monoisotopic (exact) mass is 431 g/mol. The first-order chi connectivity index (χ1) is 15.5. The fourth-order valence-corrected chi connectivity index (χ4v) is 4.19. The number of hydrogen-bond acceptors (Lipinski definition) is 6. The molecule has 1 aliphatic rings. The fraction of sp³-hybridized carbons (Fsp3) is 0.167. The lowest BCUT2D eigenvalue weighted by molar-refractivity contribution is 0.0717. The Bertz CT molecular complexity index is 1310. The van der Waals surface area contributed by atoms with Crippen LogP contribution in [0.3, 0.4) is 0 Å². The van der Waals surface area contributed by atoms with E-state index >= 15 is 0 Å². The van der Waals surface area contributed by atoms with Crippen molar-refractivity contribution in [2.24, 2.45) is 0 Å². The maximum absolute atomic E-state index is 13.4. The summed E-state index contributed by atoms with van der Waals surface area (Å²) in [6.07, 6.45) is 1.56. The third-order valence-corrected chi connectivity index (χ3v) is 5.70. The second kappa shape index (κ2) is 7.49. The van der Waals surface area contributed by atoms with Gasteiger partial charge in [-0.3, -0.25) is 9.89 Å². The quantitative estimate of drug-likeness (QED) is 0.438. The van der Waals surface area contributed by atoms with Crippen LogP contribution in [0.5, 0.6) is 17.2 Å². The molecule has 0 saturated heterocycles. The number of phenols is 2. The van der Waals surface area contributed by atoms with Gasteiger partial charge in [-0.2, -0.15) is 5.10 Å². The van der Waals surface area contributed by atoms with Crippen molar-refractivity contribution >= 4 is 5.91 Å². The van der Waals surface area contributed by atoms with E-state index in [0.717, 1.165) is 11.1 Å². The van der Waals surface area contributed by atoms with Gasteiger partial charge in [-0.25, -0.2) is 0 Å². The number of fused-ring (bicyclic) bond motifs is 1. The molecule has 0 spiro atoms. The minimum atomic E-state index is -0.536. The van der Waals surface area contributed by atoms with Crippen molar-refractivity contribution in [3.05, 3.63) is 82.9 Å². The summed E-state index contributed by atoms with van der Waals surface area (Å²) in [7, 11) is 1.47. The zero-order valence-corrected chi connectivity index (χ0v) is 17.5. The van der Waals surface area contributed by atoms with Crippen LogP contribution >= 0.6 is 0 Å². The van der Waals surface area contributed by atoms with Crippen LogP contribution in [0, 0.1) is 6.92 Å². The molecule has 3 heterocycles. The molecule has 32 heavy (non-hydrogen) atoms. The molecule has 1 amide bonds. The summed E-state index contributed by atoms with van der Waals surface area (Å²) in [5, 5.41) is 27.9. The van der Waals surface area contributed by atoms with Crippen LogP contribution < -0.4 is 4.74 Å². The number of nitrogens with one attached hydrogen (secondary N) is 1. The van der Waals surface area contributed by atoms with Crippen molar-refractivity contribution < 1.29 is 24.2 Å². The lowest BCUT2D eigenvalue weighted by atomic mass is 9.94. The van der Waals surface area contributed by atoms with E-state index in [1.807, 2.05) is 19.1 Å². The summed E-state index contributed by atoms with van der Waals surface area (Å²) in [6.45, 7) is 2.16. The standard InChI is InChI=1S/C24H21N3O5/c1-13-5-7-17(28)16(10-13)21-20-22(26-25-21)24(30)27(12-15-4-3-9-32-15)23(20)14-6-8-18(29)19(11-14)31-2/h3-11,23,28-29H,12H2,1-2H3,(H,25,26)/t23-/m0/s1. The van der Waals surface area contributed by atoms with Crippen LogP contribution in [0.15, 0.2) is 59.2 Å². The number of aromatic nitrogens is 2. The van der Waals surface area contributed by atoms with E-state index in [0.29, 0.717) is 34.0 Å². The van der Waals surface area contributed by atoms with Crippen molar-refractivity contribution in [3.63, 3.8) is 0 Å². The first-order valence-corrected chi connectivity index (χ1v) is 10.1. The summed E-state index contributed by atoms with van der Waals surface area (Å²) in [5.41, 5.74) is 3.71. The molecule has 3 N–H and O–H groups in total. The lowest BCUT2D eigenvalue weighted by Crippen LogP contribution is -2.29. The molecule has 8 nitrogen and oxygen atoms in total. The first-order valence-electron chi connectivity index (χ1n) is 10.1. The molecular formula is C24H21N3O5. The summed E-state index contributed by atoms with van der Waals surface area (Å²) in [6, 6.07) is 13.3. The third-order valence-electron chi connectivity index (χ3n) is 5.70. The van der Waals surface area contributed by atoms with Crippen molar-refractivity contribution in [1.82, 2.24) is 15.1 Å². The Balaban J connectivity index is 1.70. The molecule has 0 radical (unpaired) electrons. The zero-order valence-electron chi connectivity index (χ0n) is 17.5. The van der Waals surface area contributed by atoms with E-state index in [-0.39, 0.29) is 24.0 Å². The maximum Gasteiger partial charge on any atom is 0.273 e. The number of aromatic amines is 1. The first kappa shape index (κ1) is 19.7. The Labute approximate surface area is 183 Å². The number of rotatable bonds is 5. The minimum absolute atomic E-state index is 0.00197. The average molecular weight is 431 g/mol. The van der Waals surface area contributed by atoms with Gasteiger partial charge in [0.25, 0.3) is 5.91 Å². The van der Waals surface area contributed by atoms with Gasteiger partial charge in [0.05, 0.1) is 26.0 Å². The molecule has 162 valence electrons. The van der Waals surface area contributed by atoms with E-state index in [4.69, 9.17) is 9.15 Å². The Morgan fingerprint density at radius 1 is 1.16 bits per heavy atom. The smallest absolute Gasteiger partial charge is 0.273 e. The number of methoxy groups -OCH3 is 1. The lowest BCUT2D eigenvalue weighted by Gasteiger charge is -2.26. The SMILES string of the molecule is COc1cc([C@H]2c3c(-c4cc(C)ccc4O)n[nH]c3C(=O)N2Cc2ccco2)ccc1O. The molecule has 0 saturated carbocycles. The van der Waals surface area contributed by atoms with Crippen molar-refractivity contribution in [1.29, 1.82) is 0 Å². The van der Waals surface area contributed by atoms with Crippen LogP contribution in [0.1, 0.15) is 39.0 Å². The second-order valence-corrected chi connectivity index (χ2v) is 7.73. The molecule has 0 bridgehead atoms. The topological polar surface area (TPSA) is 112 Å². The molecule has 0 fully saturated rings. The number of nitrogens with zero attached hydrogens (tertiary/aromatic N) is 2.